The van der Waals surface area contributed by atoms with Gasteiger partial charge in [-0.2, -0.15) is 0 Å². The average Bonchev–Trinajstić information content (AvgIpc) is 2.89. The highest BCUT2D eigenvalue weighted by Crippen LogP contribution is 2.38. The molecule has 4 bridgehead atoms. The Kier molecular flexibility index (Phi) is 9.49. The molecule has 1 aliphatic rings. The van der Waals surface area contributed by atoms with Gasteiger partial charge in [-0.25, -0.2) is 4.79 Å². The van der Waals surface area contributed by atoms with Gasteiger partial charge in [0.1, 0.15) is 29.6 Å². The zero-order valence-electron chi connectivity index (χ0n) is 21.9. The number of nitrogens with two attached hydrogens (primary N) is 2. The van der Waals surface area contributed by atoms with Gasteiger partial charge in [-0.05, 0) is 61.7 Å². The number of nitrogens with zero attached hydrogens (tertiary/aromatic N) is 1. The molecule has 4 atom stereocenters. The molecule has 9 N–H and O–H groups in total. The van der Waals surface area contributed by atoms with Gasteiger partial charge in [-0.3, -0.25) is 14.4 Å². The van der Waals surface area contributed by atoms with Crippen LogP contribution in [0.15, 0.2) is 36.4 Å². The molecular weight excluding hydrogens is 506 g/mol. The van der Waals surface area contributed by atoms with Gasteiger partial charge in [-0.15, -0.1) is 0 Å². The maximum absolute atomic E-state index is 13.5. The van der Waals surface area contributed by atoms with Gasteiger partial charge in [0, 0.05) is 24.6 Å². The Balaban J connectivity index is 2.14. The molecule has 0 aliphatic carbocycles. The number of carbonyl (C=O) groups is 4. The molecule has 3 rings (SSSR count). The molecule has 12 heteroatoms. The van der Waals surface area contributed by atoms with Crippen molar-refractivity contribution in [2.24, 2.45) is 11.5 Å². The second-order valence-corrected chi connectivity index (χ2v) is 9.70. The van der Waals surface area contributed by atoms with Crippen molar-refractivity contribution in [3.63, 3.8) is 0 Å². The van der Waals surface area contributed by atoms with Gasteiger partial charge in [-0.1, -0.05) is 18.6 Å². The van der Waals surface area contributed by atoms with Crippen LogP contribution in [0.3, 0.4) is 0 Å². The number of phenolic OH excluding ortho intramolecular Hbond substituents is 2. The van der Waals surface area contributed by atoms with Gasteiger partial charge >= 0.3 is 5.97 Å². The monoisotopic (exact) mass is 541 g/mol. The van der Waals surface area contributed by atoms with Crippen LogP contribution in [-0.4, -0.2) is 75.6 Å². The van der Waals surface area contributed by atoms with E-state index in [0.29, 0.717) is 36.9 Å². The smallest absolute Gasteiger partial charge is 0.326 e. The minimum absolute atomic E-state index is 0.114. The highest BCUT2D eigenvalue weighted by atomic mass is 16.4. The summed E-state index contributed by atoms with van der Waals surface area (Å²) in [7, 11) is 1.41. The number of carbonyl (C=O) groups excluding carboxylic acids is 3. The normalized spacial score (nSPS) is 20.3. The van der Waals surface area contributed by atoms with Crippen LogP contribution in [0.25, 0.3) is 11.1 Å². The number of carboxylic acid groups (broad SMARTS) is 1. The van der Waals surface area contributed by atoms with Gasteiger partial charge in [0.25, 0.3) is 0 Å². The molecule has 0 spiro atoms. The lowest BCUT2D eigenvalue weighted by molar-refractivity contribution is -0.143. The summed E-state index contributed by atoms with van der Waals surface area (Å²) in [6.07, 6.45) is 1.54. The summed E-state index contributed by atoms with van der Waals surface area (Å²) in [6.45, 7) is 1.85. The number of aliphatic carboxylic acids is 1. The molecule has 210 valence electrons. The summed E-state index contributed by atoms with van der Waals surface area (Å²) in [4.78, 5) is 52.7. The lowest BCUT2D eigenvalue weighted by atomic mass is 9.93. The fourth-order valence-corrected chi connectivity index (χ4v) is 4.53. The van der Waals surface area contributed by atoms with Crippen LogP contribution in [0.4, 0.5) is 0 Å². The zero-order chi connectivity index (χ0) is 28.9. The van der Waals surface area contributed by atoms with Crippen LogP contribution in [0.2, 0.25) is 0 Å². The molecule has 1 heterocycles. The van der Waals surface area contributed by atoms with Gasteiger partial charge in [0.15, 0.2) is 0 Å². The molecule has 12 nitrogen and oxygen atoms in total. The second-order valence-electron chi connectivity index (χ2n) is 9.70. The van der Waals surface area contributed by atoms with E-state index in [4.69, 9.17) is 11.5 Å². The van der Waals surface area contributed by atoms with Crippen molar-refractivity contribution in [3.05, 3.63) is 47.5 Å². The van der Waals surface area contributed by atoms with Crippen molar-refractivity contribution >= 4 is 23.7 Å². The number of likely N-dealkylation sites (N-methyl/N-ethyl adjacent to an activating group) is 1. The summed E-state index contributed by atoms with van der Waals surface area (Å²) < 4.78 is 0. The number of hydrogen-bond donors (Lipinski definition) is 7. The van der Waals surface area contributed by atoms with E-state index in [9.17, 15) is 34.5 Å². The molecule has 2 aromatic rings. The minimum atomic E-state index is -1.33. The van der Waals surface area contributed by atoms with Crippen molar-refractivity contribution in [1.82, 2.24) is 15.5 Å². The predicted molar refractivity (Wildman–Crippen MR) is 142 cm³/mol. The zero-order valence-corrected chi connectivity index (χ0v) is 21.9. The third-order valence-electron chi connectivity index (χ3n) is 6.76. The Morgan fingerprint density at radius 2 is 1.67 bits per heavy atom. The highest BCUT2D eigenvalue weighted by Gasteiger charge is 2.34. The number of amides is 3. The molecule has 0 saturated carbocycles. The maximum Gasteiger partial charge on any atom is 0.326 e. The first-order chi connectivity index (χ1) is 18.4. The van der Waals surface area contributed by atoms with Crippen molar-refractivity contribution in [2.45, 2.75) is 56.8 Å². The van der Waals surface area contributed by atoms with Crippen molar-refractivity contribution < 1.29 is 34.5 Å². The van der Waals surface area contributed by atoms with E-state index in [2.05, 4.69) is 10.6 Å². The van der Waals surface area contributed by atoms with Crippen molar-refractivity contribution in [3.8, 4) is 22.6 Å². The van der Waals surface area contributed by atoms with Crippen LogP contribution in [0.5, 0.6) is 11.5 Å². The molecule has 0 saturated heterocycles. The lowest BCUT2D eigenvalue weighted by Crippen LogP contribution is -2.54. The van der Waals surface area contributed by atoms with E-state index in [1.54, 1.807) is 0 Å². The number of carboxylic acids is 1. The summed E-state index contributed by atoms with van der Waals surface area (Å²) in [5.74, 6) is -3.67. The minimum Gasteiger partial charge on any atom is -0.507 e. The number of fused-ring (bicyclic) bond motifs is 5. The second kappa shape index (κ2) is 12.6. The SMILES string of the molecule is C[C@@H]1NC(=O)[C@@H](N(C)C(=O)[C@@H](N)CCCCN)c2ccc(O)c(c2)-c2cc(ccc2O)C[C@@H](C(=O)O)NC1=O. The fraction of sp³-hybridized carbons (Fsp3) is 0.407. The first-order valence-electron chi connectivity index (χ1n) is 12.7. The Bertz CT molecular complexity index is 1250. The molecule has 0 unspecified atom stereocenters. The van der Waals surface area contributed by atoms with Gasteiger partial charge in [0.2, 0.25) is 17.7 Å². The number of nitrogens with one attached hydrogen (secondary N) is 2. The molecule has 39 heavy (non-hydrogen) atoms. The summed E-state index contributed by atoms with van der Waals surface area (Å²) in [5, 5.41) is 35.9. The number of rotatable bonds is 7. The van der Waals surface area contributed by atoms with E-state index in [1.165, 1.54) is 55.3 Å². The summed E-state index contributed by atoms with van der Waals surface area (Å²) >= 11 is 0. The lowest BCUT2D eigenvalue weighted by Gasteiger charge is -2.31. The van der Waals surface area contributed by atoms with Gasteiger partial charge < -0.3 is 42.3 Å². The maximum atomic E-state index is 13.5. The quantitative estimate of drug-likeness (QED) is 0.241. The number of hydrogen-bond acceptors (Lipinski definition) is 8. The third kappa shape index (κ3) is 6.84. The standard InChI is InChI=1S/C27H35N5O7/c1-14-24(35)31-20(27(38)39)12-15-6-8-21(33)17(11-15)18-13-16(7-9-22(18)34)23(25(36)30-14)32(2)26(37)19(29)5-3-4-10-28/h6-9,11,13-14,19-20,23,33-34H,3-5,10,12,28-29H2,1-2H3,(H,30,36)(H,31,35)(H,38,39)/t14-,19-,20-,23-/m0/s1. The number of aromatic hydroxyl groups is 2. The highest BCUT2D eigenvalue weighted by molar-refractivity contribution is 5.95. The third-order valence-corrected chi connectivity index (χ3v) is 6.76. The van der Waals surface area contributed by atoms with Crippen LogP contribution in [0.1, 0.15) is 43.4 Å². The Morgan fingerprint density at radius 3 is 2.31 bits per heavy atom. The molecule has 0 radical (unpaired) electrons. The first kappa shape index (κ1) is 29.4. The van der Waals surface area contributed by atoms with E-state index in [1.807, 2.05) is 0 Å². The number of benzene rings is 2. The van der Waals surface area contributed by atoms with Crippen molar-refractivity contribution in [1.29, 1.82) is 0 Å². The molecule has 0 fully saturated rings. The molecule has 1 aliphatic heterocycles. The molecule has 0 aromatic heterocycles. The summed E-state index contributed by atoms with van der Waals surface area (Å²) in [6, 6.07) is 3.99. The van der Waals surface area contributed by atoms with E-state index >= 15 is 0 Å². The van der Waals surface area contributed by atoms with Crippen LogP contribution >= 0.6 is 0 Å². The average molecular weight is 542 g/mol. The van der Waals surface area contributed by atoms with Crippen LogP contribution in [0, 0.1) is 0 Å². The molecule has 2 aromatic carbocycles. The predicted octanol–water partition coefficient (Wildman–Crippen LogP) is 0.351. The fourth-order valence-electron chi connectivity index (χ4n) is 4.53. The Hall–Kier alpha value is -4.16. The Morgan fingerprint density at radius 1 is 1.03 bits per heavy atom. The van der Waals surface area contributed by atoms with E-state index in [-0.39, 0.29) is 29.0 Å². The first-order valence-corrected chi connectivity index (χ1v) is 12.7. The number of phenols is 2. The van der Waals surface area contributed by atoms with Crippen molar-refractivity contribution in [2.75, 3.05) is 13.6 Å². The van der Waals surface area contributed by atoms with Gasteiger partial charge in [0.05, 0.1) is 6.04 Å². The van der Waals surface area contributed by atoms with Crippen LogP contribution in [-0.2, 0) is 25.6 Å². The Labute approximate surface area is 226 Å². The number of unbranched alkanes of at least 4 members (excludes halogenated alkanes) is 1. The summed E-state index contributed by atoms with van der Waals surface area (Å²) in [5.41, 5.74) is 12.8. The molecular formula is C27H35N5O7. The largest absolute Gasteiger partial charge is 0.507 e. The topological polar surface area (TPSA) is 208 Å². The van der Waals surface area contributed by atoms with E-state index < -0.39 is 47.9 Å². The van der Waals surface area contributed by atoms with Crippen LogP contribution < -0.4 is 22.1 Å². The van der Waals surface area contributed by atoms with E-state index in [0.717, 1.165) is 0 Å². The molecule has 3 amide bonds.